The van der Waals surface area contributed by atoms with Crippen LogP contribution in [-0.2, 0) is 4.79 Å². The van der Waals surface area contributed by atoms with Gasteiger partial charge in [0.1, 0.15) is 0 Å². The van der Waals surface area contributed by atoms with E-state index >= 15 is 0 Å². The van der Waals surface area contributed by atoms with E-state index in [9.17, 15) is 4.79 Å². The third-order valence-electron chi connectivity index (χ3n) is 2.34. The van der Waals surface area contributed by atoms with Gasteiger partial charge in [-0.1, -0.05) is 12.2 Å². The molecule has 1 N–H and O–H groups in total. The fraction of sp³-hybridized carbons (Fsp3) is 0.700. The van der Waals surface area contributed by atoms with Gasteiger partial charge in [-0.15, -0.1) is 0 Å². The van der Waals surface area contributed by atoms with Gasteiger partial charge in [0, 0.05) is 12.5 Å². The number of allylic oxidation sites excluding steroid dienone is 1. The quantitative estimate of drug-likeness (QED) is 0.625. The number of carbonyl (C=O) groups is 1. The highest BCUT2D eigenvalue weighted by Gasteiger charge is 2.21. The lowest BCUT2D eigenvalue weighted by Gasteiger charge is -2.22. The summed E-state index contributed by atoms with van der Waals surface area (Å²) in [6.45, 7) is 6.62. The van der Waals surface area contributed by atoms with Crippen molar-refractivity contribution in [2.24, 2.45) is 5.92 Å². The normalized spacial score (nSPS) is 23.8. The van der Waals surface area contributed by atoms with Gasteiger partial charge in [0.25, 0.3) is 0 Å². The Balaban J connectivity index is 2.40. The summed E-state index contributed by atoms with van der Waals surface area (Å²) >= 11 is 0. The van der Waals surface area contributed by atoms with Crippen molar-refractivity contribution in [3.8, 4) is 0 Å². The molecule has 0 saturated heterocycles. The Kier molecular flexibility index (Phi) is 3.32. The van der Waals surface area contributed by atoms with Crippen LogP contribution in [0.2, 0.25) is 0 Å². The molecule has 1 amide bonds. The van der Waals surface area contributed by atoms with Gasteiger partial charge >= 0.3 is 0 Å². The van der Waals surface area contributed by atoms with Crippen LogP contribution in [-0.4, -0.2) is 12.5 Å². The lowest BCUT2D eigenvalue weighted by Crippen LogP contribution is -2.31. The van der Waals surface area contributed by atoms with E-state index in [1.165, 1.54) is 5.57 Å². The van der Waals surface area contributed by atoms with Crippen LogP contribution in [0, 0.1) is 5.92 Å². The van der Waals surface area contributed by atoms with Crippen molar-refractivity contribution in [2.75, 3.05) is 6.54 Å². The van der Waals surface area contributed by atoms with Crippen molar-refractivity contribution in [1.82, 2.24) is 5.32 Å². The van der Waals surface area contributed by atoms with Crippen molar-refractivity contribution < 1.29 is 4.79 Å². The molecule has 1 rings (SSSR count). The van der Waals surface area contributed by atoms with Crippen molar-refractivity contribution in [3.63, 3.8) is 0 Å². The summed E-state index contributed by atoms with van der Waals surface area (Å²) in [7, 11) is 0. The monoisotopic (exact) mass is 167 g/mol. The molecule has 0 heterocycles. The Morgan fingerprint density at radius 3 is 3.08 bits per heavy atom. The molecule has 1 saturated carbocycles. The van der Waals surface area contributed by atoms with Gasteiger partial charge in [-0.05, 0) is 32.6 Å². The zero-order chi connectivity index (χ0) is 8.97. The SMILES string of the molecule is C=C1CCCC(C(=O)NCC)C1. The summed E-state index contributed by atoms with van der Waals surface area (Å²) in [5, 5.41) is 2.86. The Hall–Kier alpha value is -0.790. The van der Waals surface area contributed by atoms with Crippen LogP contribution < -0.4 is 5.32 Å². The second-order valence-corrected chi connectivity index (χ2v) is 3.44. The fourth-order valence-electron chi connectivity index (χ4n) is 1.69. The van der Waals surface area contributed by atoms with Gasteiger partial charge in [-0.25, -0.2) is 0 Å². The highest BCUT2D eigenvalue weighted by Crippen LogP contribution is 2.26. The molecule has 1 atom stereocenters. The van der Waals surface area contributed by atoms with E-state index < -0.39 is 0 Å². The van der Waals surface area contributed by atoms with Gasteiger partial charge in [-0.3, -0.25) is 4.79 Å². The minimum Gasteiger partial charge on any atom is -0.356 e. The molecule has 0 bridgehead atoms. The lowest BCUT2D eigenvalue weighted by molar-refractivity contribution is -0.125. The minimum absolute atomic E-state index is 0.200. The fourth-order valence-corrected chi connectivity index (χ4v) is 1.69. The van der Waals surface area contributed by atoms with Gasteiger partial charge in [0.15, 0.2) is 0 Å². The van der Waals surface area contributed by atoms with Crippen LogP contribution >= 0.6 is 0 Å². The largest absolute Gasteiger partial charge is 0.356 e. The molecule has 2 nitrogen and oxygen atoms in total. The topological polar surface area (TPSA) is 29.1 Å². The molecule has 0 spiro atoms. The van der Waals surface area contributed by atoms with Gasteiger partial charge in [-0.2, -0.15) is 0 Å². The van der Waals surface area contributed by atoms with E-state index in [-0.39, 0.29) is 11.8 Å². The number of rotatable bonds is 2. The van der Waals surface area contributed by atoms with Crippen molar-refractivity contribution in [3.05, 3.63) is 12.2 Å². The molecule has 1 aliphatic carbocycles. The number of amides is 1. The maximum atomic E-state index is 11.4. The Morgan fingerprint density at radius 1 is 1.75 bits per heavy atom. The standard InChI is InChI=1S/C10H17NO/c1-3-11-10(12)9-6-4-5-8(2)7-9/h9H,2-7H2,1H3,(H,11,12). The van der Waals surface area contributed by atoms with Crippen LogP contribution in [0.15, 0.2) is 12.2 Å². The molecular formula is C10H17NO. The van der Waals surface area contributed by atoms with Crippen LogP contribution in [0.3, 0.4) is 0 Å². The van der Waals surface area contributed by atoms with Crippen molar-refractivity contribution in [1.29, 1.82) is 0 Å². The summed E-state index contributed by atoms with van der Waals surface area (Å²) in [4.78, 5) is 11.4. The van der Waals surface area contributed by atoms with Crippen LogP contribution in [0.25, 0.3) is 0 Å². The number of carbonyl (C=O) groups excluding carboxylic acids is 1. The second kappa shape index (κ2) is 4.29. The first-order valence-electron chi connectivity index (χ1n) is 4.68. The first-order chi connectivity index (χ1) is 5.74. The van der Waals surface area contributed by atoms with E-state index in [0.717, 1.165) is 32.2 Å². The van der Waals surface area contributed by atoms with Crippen LogP contribution in [0.1, 0.15) is 32.6 Å². The molecule has 68 valence electrons. The Morgan fingerprint density at radius 2 is 2.50 bits per heavy atom. The van der Waals surface area contributed by atoms with E-state index in [4.69, 9.17) is 0 Å². The second-order valence-electron chi connectivity index (χ2n) is 3.44. The lowest BCUT2D eigenvalue weighted by atomic mass is 9.86. The van der Waals surface area contributed by atoms with E-state index in [1.807, 2.05) is 6.92 Å². The highest BCUT2D eigenvalue weighted by atomic mass is 16.1. The van der Waals surface area contributed by atoms with Gasteiger partial charge < -0.3 is 5.32 Å². The van der Waals surface area contributed by atoms with E-state index in [2.05, 4.69) is 11.9 Å². The molecular weight excluding hydrogens is 150 g/mol. The predicted molar refractivity (Wildman–Crippen MR) is 49.8 cm³/mol. The third kappa shape index (κ3) is 2.36. The molecule has 1 unspecified atom stereocenters. The molecule has 12 heavy (non-hydrogen) atoms. The number of nitrogens with one attached hydrogen (secondary N) is 1. The summed E-state index contributed by atoms with van der Waals surface area (Å²) in [5.41, 5.74) is 1.23. The number of hydrogen-bond acceptors (Lipinski definition) is 1. The molecule has 1 aliphatic rings. The maximum Gasteiger partial charge on any atom is 0.223 e. The van der Waals surface area contributed by atoms with Gasteiger partial charge in [0.2, 0.25) is 5.91 Å². The molecule has 0 aliphatic heterocycles. The molecule has 0 aromatic heterocycles. The van der Waals surface area contributed by atoms with Crippen LogP contribution in [0.5, 0.6) is 0 Å². The highest BCUT2D eigenvalue weighted by molar-refractivity contribution is 5.79. The first kappa shape index (κ1) is 9.30. The summed E-state index contributed by atoms with van der Waals surface area (Å²) < 4.78 is 0. The summed E-state index contributed by atoms with van der Waals surface area (Å²) in [6, 6.07) is 0. The third-order valence-corrected chi connectivity index (χ3v) is 2.34. The average Bonchev–Trinajstić information content (AvgIpc) is 2.05. The van der Waals surface area contributed by atoms with Crippen LogP contribution in [0.4, 0.5) is 0 Å². The molecule has 0 aromatic rings. The molecule has 2 heteroatoms. The number of hydrogen-bond donors (Lipinski definition) is 1. The predicted octanol–water partition coefficient (Wildman–Crippen LogP) is 1.87. The maximum absolute atomic E-state index is 11.4. The zero-order valence-corrected chi connectivity index (χ0v) is 7.73. The van der Waals surface area contributed by atoms with E-state index in [1.54, 1.807) is 0 Å². The molecule has 1 fully saturated rings. The first-order valence-corrected chi connectivity index (χ1v) is 4.68. The minimum atomic E-state index is 0.200. The van der Waals surface area contributed by atoms with Gasteiger partial charge in [0.05, 0.1) is 0 Å². The zero-order valence-electron chi connectivity index (χ0n) is 7.73. The molecule has 0 aromatic carbocycles. The van der Waals surface area contributed by atoms with Crippen molar-refractivity contribution >= 4 is 5.91 Å². The average molecular weight is 167 g/mol. The van der Waals surface area contributed by atoms with Crippen molar-refractivity contribution in [2.45, 2.75) is 32.6 Å². The molecule has 0 radical (unpaired) electrons. The van der Waals surface area contributed by atoms with E-state index in [0.29, 0.717) is 0 Å². The smallest absolute Gasteiger partial charge is 0.223 e. The Labute approximate surface area is 74.0 Å². The Bertz CT molecular complexity index is 186. The summed E-state index contributed by atoms with van der Waals surface area (Å²) in [5.74, 6) is 0.407. The summed E-state index contributed by atoms with van der Waals surface area (Å²) in [6.07, 6.45) is 4.16.